The largest absolute Gasteiger partial charge is 0.378 e. The zero-order chi connectivity index (χ0) is 17.7. The number of carbonyl (C=O) groups excluding carboxylic acids is 1. The first kappa shape index (κ1) is 22.3. The molecule has 1 amide bonds. The van der Waals surface area contributed by atoms with E-state index in [1.165, 1.54) is 0 Å². The number of nitrogens with one attached hydrogen (secondary N) is 1. The molecule has 0 aromatic rings. The number of hydrogen-bond acceptors (Lipinski definition) is 5. The summed E-state index contributed by atoms with van der Waals surface area (Å²) >= 11 is 0. The summed E-state index contributed by atoms with van der Waals surface area (Å²) < 4.78 is 11.0. The maximum absolute atomic E-state index is 12.0. The predicted molar refractivity (Wildman–Crippen MR) is 94.7 cm³/mol. The molecule has 6 nitrogen and oxygen atoms in total. The molecule has 0 fully saturated rings. The Labute approximate surface area is 142 Å². The molecule has 6 heteroatoms. The molecule has 0 rings (SSSR count). The van der Waals surface area contributed by atoms with Gasteiger partial charge in [0, 0.05) is 32.7 Å². The molecule has 0 aromatic carbocycles. The minimum absolute atomic E-state index is 0.132. The van der Waals surface area contributed by atoms with Gasteiger partial charge in [-0.2, -0.15) is 0 Å². The van der Waals surface area contributed by atoms with Crippen LogP contribution in [0.15, 0.2) is 0 Å². The lowest BCUT2D eigenvalue weighted by molar-refractivity contribution is -0.131. The molecule has 0 aromatic heterocycles. The van der Waals surface area contributed by atoms with Gasteiger partial charge in [-0.3, -0.25) is 9.69 Å². The third-order valence-electron chi connectivity index (χ3n) is 3.25. The maximum Gasteiger partial charge on any atom is 0.236 e. The van der Waals surface area contributed by atoms with Crippen LogP contribution in [-0.2, 0) is 14.3 Å². The van der Waals surface area contributed by atoms with Gasteiger partial charge in [-0.1, -0.05) is 27.7 Å². The van der Waals surface area contributed by atoms with Crippen LogP contribution >= 0.6 is 0 Å². The monoisotopic (exact) mass is 331 g/mol. The molecule has 0 aliphatic carbocycles. The zero-order valence-corrected chi connectivity index (χ0v) is 15.9. The minimum atomic E-state index is 0.132. The number of likely N-dealkylation sites (N-methyl/N-ethyl adjacent to an activating group) is 2. The van der Waals surface area contributed by atoms with E-state index in [1.54, 1.807) is 4.90 Å². The fourth-order valence-corrected chi connectivity index (χ4v) is 2.11. The van der Waals surface area contributed by atoms with Crippen molar-refractivity contribution in [2.75, 3.05) is 66.7 Å². The fraction of sp³-hybridized carbons (Fsp3) is 0.941. The van der Waals surface area contributed by atoms with E-state index in [0.29, 0.717) is 51.5 Å². The quantitative estimate of drug-likeness (QED) is 0.483. The lowest BCUT2D eigenvalue weighted by atomic mass is 10.2. The van der Waals surface area contributed by atoms with Gasteiger partial charge in [0.1, 0.15) is 0 Å². The molecule has 0 aliphatic rings. The van der Waals surface area contributed by atoms with E-state index in [-0.39, 0.29) is 5.91 Å². The van der Waals surface area contributed by atoms with Gasteiger partial charge in [-0.05, 0) is 13.0 Å². The van der Waals surface area contributed by atoms with Gasteiger partial charge in [-0.25, -0.2) is 0 Å². The van der Waals surface area contributed by atoms with Crippen LogP contribution in [0.4, 0.5) is 0 Å². The summed E-state index contributed by atoms with van der Waals surface area (Å²) in [4.78, 5) is 15.8. The van der Waals surface area contributed by atoms with E-state index >= 15 is 0 Å². The number of carbonyl (C=O) groups is 1. The molecule has 0 atom stereocenters. The zero-order valence-electron chi connectivity index (χ0n) is 15.9. The van der Waals surface area contributed by atoms with Crippen LogP contribution in [0, 0.1) is 5.92 Å². The van der Waals surface area contributed by atoms with Crippen LogP contribution < -0.4 is 5.32 Å². The third-order valence-corrected chi connectivity index (χ3v) is 3.25. The summed E-state index contributed by atoms with van der Waals surface area (Å²) in [6.07, 6.45) is 0. The van der Waals surface area contributed by atoms with Gasteiger partial charge < -0.3 is 19.7 Å². The predicted octanol–water partition coefficient (Wildman–Crippen LogP) is 1.06. The molecule has 0 unspecified atom stereocenters. The summed E-state index contributed by atoms with van der Waals surface area (Å²) in [5.41, 5.74) is 0. The highest BCUT2D eigenvalue weighted by Gasteiger charge is 2.12. The molecule has 0 spiro atoms. The van der Waals surface area contributed by atoms with E-state index in [9.17, 15) is 4.79 Å². The normalized spacial score (nSPS) is 11.7. The van der Waals surface area contributed by atoms with Gasteiger partial charge in [0.2, 0.25) is 5.91 Å². The van der Waals surface area contributed by atoms with Gasteiger partial charge in [0.15, 0.2) is 0 Å². The number of ether oxygens (including phenoxy) is 2. The Kier molecular flexibility index (Phi) is 13.3. The number of amides is 1. The van der Waals surface area contributed by atoms with Crippen molar-refractivity contribution in [3.63, 3.8) is 0 Å². The molecule has 0 saturated heterocycles. The number of nitrogens with zero attached hydrogens (tertiary/aromatic N) is 2. The molecule has 138 valence electrons. The Hall–Kier alpha value is -0.690. The molecular formula is C17H37N3O3. The average Bonchev–Trinajstić information content (AvgIpc) is 2.43. The van der Waals surface area contributed by atoms with Crippen molar-refractivity contribution in [1.29, 1.82) is 0 Å². The van der Waals surface area contributed by atoms with Gasteiger partial charge >= 0.3 is 0 Å². The fourth-order valence-electron chi connectivity index (χ4n) is 2.11. The summed E-state index contributed by atoms with van der Waals surface area (Å²) in [6, 6.07) is 0.488. The summed E-state index contributed by atoms with van der Waals surface area (Å²) in [5.74, 6) is 0.699. The Morgan fingerprint density at radius 3 is 2.17 bits per heavy atom. The van der Waals surface area contributed by atoms with Crippen LogP contribution in [0.2, 0.25) is 0 Å². The second-order valence-electron chi connectivity index (χ2n) is 6.74. The van der Waals surface area contributed by atoms with Crippen LogP contribution in [0.5, 0.6) is 0 Å². The topological polar surface area (TPSA) is 54.0 Å². The van der Waals surface area contributed by atoms with E-state index < -0.39 is 0 Å². The number of hydrogen-bond donors (Lipinski definition) is 1. The lowest BCUT2D eigenvalue weighted by Gasteiger charge is -2.23. The van der Waals surface area contributed by atoms with Gasteiger partial charge in [-0.15, -0.1) is 0 Å². The van der Waals surface area contributed by atoms with Crippen LogP contribution in [0.1, 0.15) is 27.7 Å². The Balaban J connectivity index is 3.51. The first-order valence-corrected chi connectivity index (χ1v) is 8.64. The molecule has 0 aliphatic heterocycles. The van der Waals surface area contributed by atoms with Crippen LogP contribution in [-0.4, -0.2) is 88.5 Å². The van der Waals surface area contributed by atoms with E-state index in [0.717, 1.165) is 13.1 Å². The van der Waals surface area contributed by atoms with Crippen molar-refractivity contribution in [3.8, 4) is 0 Å². The Morgan fingerprint density at radius 2 is 1.61 bits per heavy atom. The van der Waals surface area contributed by atoms with Crippen LogP contribution in [0.25, 0.3) is 0 Å². The number of rotatable bonds is 14. The van der Waals surface area contributed by atoms with Gasteiger partial charge in [0.05, 0.1) is 33.0 Å². The van der Waals surface area contributed by atoms with Crippen molar-refractivity contribution in [3.05, 3.63) is 0 Å². The summed E-state index contributed by atoms with van der Waals surface area (Å²) in [7, 11) is 3.80. The first-order valence-electron chi connectivity index (χ1n) is 8.64. The molecule has 0 radical (unpaired) electrons. The molecule has 23 heavy (non-hydrogen) atoms. The van der Waals surface area contributed by atoms with Crippen molar-refractivity contribution < 1.29 is 14.3 Å². The minimum Gasteiger partial charge on any atom is -0.378 e. The molecule has 0 bridgehead atoms. The second-order valence-corrected chi connectivity index (χ2v) is 6.74. The van der Waals surface area contributed by atoms with Crippen molar-refractivity contribution in [2.24, 2.45) is 5.92 Å². The van der Waals surface area contributed by atoms with Gasteiger partial charge in [0.25, 0.3) is 0 Å². The standard InChI is InChI=1S/C17H37N3O3/c1-15(2)13-19(5)14-17(21)20(6)8-10-23-12-11-22-9-7-18-16(3)4/h15-16,18H,7-14H2,1-6H3. The first-order chi connectivity index (χ1) is 10.8. The van der Waals surface area contributed by atoms with Crippen LogP contribution in [0.3, 0.4) is 0 Å². The smallest absolute Gasteiger partial charge is 0.236 e. The summed E-state index contributed by atoms with van der Waals surface area (Å²) in [5, 5.41) is 3.29. The molecule has 0 saturated carbocycles. The molecule has 0 heterocycles. The van der Waals surface area contributed by atoms with Crippen molar-refractivity contribution >= 4 is 5.91 Å². The highest BCUT2D eigenvalue weighted by atomic mass is 16.5. The van der Waals surface area contributed by atoms with Crippen molar-refractivity contribution in [1.82, 2.24) is 15.1 Å². The molecular weight excluding hydrogens is 294 g/mol. The Morgan fingerprint density at radius 1 is 1.00 bits per heavy atom. The lowest BCUT2D eigenvalue weighted by Crippen LogP contribution is -2.39. The third kappa shape index (κ3) is 14.6. The molecule has 1 N–H and O–H groups in total. The van der Waals surface area contributed by atoms with E-state index in [4.69, 9.17) is 9.47 Å². The summed E-state index contributed by atoms with van der Waals surface area (Å²) in [6.45, 7) is 13.8. The Bertz CT molecular complexity index is 299. The second kappa shape index (κ2) is 13.7. The highest BCUT2D eigenvalue weighted by Crippen LogP contribution is 1.97. The average molecular weight is 332 g/mol. The maximum atomic E-state index is 12.0. The van der Waals surface area contributed by atoms with E-state index in [2.05, 4.69) is 37.9 Å². The highest BCUT2D eigenvalue weighted by molar-refractivity contribution is 5.77. The van der Waals surface area contributed by atoms with Crippen molar-refractivity contribution in [2.45, 2.75) is 33.7 Å². The SMILES string of the molecule is CC(C)CN(C)CC(=O)N(C)CCOCCOCCNC(C)C. The van der Waals surface area contributed by atoms with E-state index in [1.807, 2.05) is 14.1 Å².